The van der Waals surface area contributed by atoms with Crippen LogP contribution in [0.1, 0.15) is 40.5 Å². The summed E-state index contributed by atoms with van der Waals surface area (Å²) in [5.41, 5.74) is 2.27. The first kappa shape index (κ1) is 20.2. The van der Waals surface area contributed by atoms with Gasteiger partial charge >= 0.3 is 7.12 Å². The van der Waals surface area contributed by atoms with Crippen molar-refractivity contribution in [3.63, 3.8) is 0 Å². The van der Waals surface area contributed by atoms with E-state index < -0.39 is 0 Å². The zero-order valence-electron chi connectivity index (χ0n) is 16.0. The van der Waals surface area contributed by atoms with Gasteiger partial charge in [-0.05, 0) is 58.1 Å². The maximum atomic E-state index is 8.85. The summed E-state index contributed by atoms with van der Waals surface area (Å²) in [6.07, 6.45) is 2.49. The Morgan fingerprint density at radius 1 is 1.04 bits per heavy atom. The lowest BCUT2D eigenvalue weighted by atomic mass is 9.78. The highest BCUT2D eigenvalue weighted by Gasteiger charge is 2.25. The van der Waals surface area contributed by atoms with E-state index in [1.54, 1.807) is 0 Å². The summed E-state index contributed by atoms with van der Waals surface area (Å²) in [7, 11) is -0.327. The minimum absolute atomic E-state index is 0.0970. The summed E-state index contributed by atoms with van der Waals surface area (Å²) in [5.74, 6) is 0. The molecular formula is C19H32BNO4. The molecule has 1 N–H and O–H groups in total. The van der Waals surface area contributed by atoms with Crippen LogP contribution in [-0.2, 0) is 14.0 Å². The number of hydrogen-bond acceptors (Lipinski definition) is 5. The van der Waals surface area contributed by atoms with E-state index in [0.717, 1.165) is 31.4 Å². The van der Waals surface area contributed by atoms with Crippen molar-refractivity contribution < 1.29 is 19.2 Å². The molecule has 0 spiro atoms. The van der Waals surface area contributed by atoms with Gasteiger partial charge in [0.2, 0.25) is 0 Å². The molecule has 0 bridgehead atoms. The highest BCUT2D eigenvalue weighted by atomic mass is 16.6. The van der Waals surface area contributed by atoms with Gasteiger partial charge in [0, 0.05) is 31.0 Å². The summed E-state index contributed by atoms with van der Waals surface area (Å²) in [5, 5.41) is 8.85. The molecule has 5 nitrogen and oxygen atoms in total. The fraction of sp³-hybridized carbons (Fsp3) is 0.684. The molecule has 0 aromatic heterocycles. The molecule has 0 radical (unpaired) electrons. The van der Waals surface area contributed by atoms with E-state index in [1.807, 2.05) is 27.7 Å². The van der Waals surface area contributed by atoms with Crippen LogP contribution >= 0.6 is 0 Å². The highest BCUT2D eigenvalue weighted by Crippen LogP contribution is 2.21. The molecule has 0 atom stereocenters. The van der Waals surface area contributed by atoms with Crippen molar-refractivity contribution in [2.75, 3.05) is 31.2 Å². The van der Waals surface area contributed by atoms with Crippen LogP contribution in [0.2, 0.25) is 0 Å². The van der Waals surface area contributed by atoms with E-state index in [4.69, 9.17) is 19.2 Å². The van der Waals surface area contributed by atoms with Gasteiger partial charge in [-0.3, -0.25) is 0 Å². The predicted octanol–water partition coefficient (Wildman–Crippen LogP) is 2.21. The second kappa shape index (κ2) is 10.2. The Morgan fingerprint density at radius 3 is 2.08 bits per heavy atom. The molecule has 1 aromatic carbocycles. The van der Waals surface area contributed by atoms with Gasteiger partial charge in [-0.1, -0.05) is 12.1 Å². The van der Waals surface area contributed by atoms with Crippen molar-refractivity contribution in [2.24, 2.45) is 0 Å². The molecule has 1 fully saturated rings. The maximum absolute atomic E-state index is 8.85. The lowest BCUT2D eigenvalue weighted by Crippen LogP contribution is -2.41. The molecule has 0 unspecified atom stereocenters. The molecule has 1 heterocycles. The zero-order chi connectivity index (χ0) is 18.2. The number of rotatable bonds is 9. The quantitative estimate of drug-likeness (QED) is 0.693. The number of hydrogen-bond donors (Lipinski definition) is 1. The molecular weight excluding hydrogens is 317 g/mol. The molecule has 1 saturated heterocycles. The van der Waals surface area contributed by atoms with E-state index in [0.29, 0.717) is 6.61 Å². The molecule has 1 aromatic rings. The van der Waals surface area contributed by atoms with Gasteiger partial charge in [0.15, 0.2) is 0 Å². The molecule has 25 heavy (non-hydrogen) atoms. The summed E-state index contributed by atoms with van der Waals surface area (Å²) in [6.45, 7) is 10.6. The normalized spacial score (nSPS) is 16.0. The fourth-order valence-corrected chi connectivity index (χ4v) is 3.03. The van der Waals surface area contributed by atoms with Crippen molar-refractivity contribution in [1.29, 1.82) is 0 Å². The monoisotopic (exact) mass is 349 g/mol. The third-order valence-corrected chi connectivity index (χ3v) is 4.21. The number of benzene rings is 1. The summed E-state index contributed by atoms with van der Waals surface area (Å²) < 4.78 is 17.5. The van der Waals surface area contributed by atoms with E-state index in [2.05, 4.69) is 29.2 Å². The molecule has 2 rings (SSSR count). The van der Waals surface area contributed by atoms with Crippen molar-refractivity contribution in [2.45, 2.75) is 58.8 Å². The largest absolute Gasteiger partial charge is 0.494 e. The molecule has 140 valence electrons. The number of aliphatic hydroxyl groups is 1. The minimum atomic E-state index is -0.327. The van der Waals surface area contributed by atoms with Gasteiger partial charge in [0.1, 0.15) is 0 Å². The SMILES string of the molecule is CC(C)OB(OC(C)C)c1ccc(N2CCC(OCCO)CC2)cc1. The Bertz CT molecular complexity index is 477. The fourth-order valence-electron chi connectivity index (χ4n) is 3.03. The van der Waals surface area contributed by atoms with Gasteiger partial charge < -0.3 is 24.1 Å². The van der Waals surface area contributed by atoms with Crippen LogP contribution in [-0.4, -0.2) is 56.8 Å². The van der Waals surface area contributed by atoms with Crippen LogP contribution in [0.5, 0.6) is 0 Å². The van der Waals surface area contributed by atoms with Gasteiger partial charge in [-0.2, -0.15) is 0 Å². The number of aliphatic hydroxyl groups excluding tert-OH is 1. The summed E-state index contributed by atoms with van der Waals surface area (Å²) >= 11 is 0. The average Bonchev–Trinajstić information content (AvgIpc) is 2.59. The second-order valence-corrected chi connectivity index (χ2v) is 7.07. The molecule has 1 aliphatic rings. The van der Waals surface area contributed by atoms with Crippen molar-refractivity contribution in [3.05, 3.63) is 24.3 Å². The molecule has 6 heteroatoms. The number of piperidine rings is 1. The van der Waals surface area contributed by atoms with Crippen LogP contribution in [0.4, 0.5) is 5.69 Å². The molecule has 0 saturated carbocycles. The van der Waals surface area contributed by atoms with Gasteiger partial charge in [0.05, 0.1) is 19.3 Å². The lowest BCUT2D eigenvalue weighted by Gasteiger charge is -2.33. The standard InChI is InChI=1S/C19H32BNO4/c1-15(2)24-20(25-16(3)4)17-5-7-18(8-6-17)21-11-9-19(10-12-21)23-14-13-22/h5-8,15-16,19,22H,9-14H2,1-4H3. The van der Waals surface area contributed by atoms with Crippen LogP contribution in [0.3, 0.4) is 0 Å². The van der Waals surface area contributed by atoms with Crippen LogP contribution in [0.15, 0.2) is 24.3 Å². The first-order valence-corrected chi connectivity index (χ1v) is 9.38. The highest BCUT2D eigenvalue weighted by molar-refractivity contribution is 6.61. The Morgan fingerprint density at radius 2 is 1.60 bits per heavy atom. The van der Waals surface area contributed by atoms with Crippen LogP contribution in [0, 0.1) is 0 Å². The Hall–Kier alpha value is -1.08. The van der Waals surface area contributed by atoms with E-state index >= 15 is 0 Å². The first-order valence-electron chi connectivity index (χ1n) is 9.38. The van der Waals surface area contributed by atoms with Crippen molar-refractivity contribution in [3.8, 4) is 0 Å². The number of nitrogens with zero attached hydrogens (tertiary/aromatic N) is 1. The van der Waals surface area contributed by atoms with Gasteiger partial charge in [-0.15, -0.1) is 0 Å². The number of ether oxygens (including phenoxy) is 1. The van der Waals surface area contributed by atoms with E-state index in [9.17, 15) is 0 Å². The summed E-state index contributed by atoms with van der Waals surface area (Å²) in [4.78, 5) is 2.38. The third kappa shape index (κ3) is 6.62. The smallest absolute Gasteiger partial charge is 0.405 e. The van der Waals surface area contributed by atoms with Gasteiger partial charge in [-0.25, -0.2) is 0 Å². The molecule has 1 aliphatic heterocycles. The zero-order valence-corrected chi connectivity index (χ0v) is 16.0. The van der Waals surface area contributed by atoms with Crippen molar-refractivity contribution in [1.82, 2.24) is 0 Å². The Balaban J connectivity index is 1.94. The predicted molar refractivity (Wildman–Crippen MR) is 103 cm³/mol. The number of anilines is 1. The topological polar surface area (TPSA) is 51.2 Å². The lowest BCUT2D eigenvalue weighted by molar-refractivity contribution is 0.0159. The second-order valence-electron chi connectivity index (χ2n) is 7.07. The van der Waals surface area contributed by atoms with E-state index in [1.165, 1.54) is 5.69 Å². The van der Waals surface area contributed by atoms with Crippen LogP contribution in [0.25, 0.3) is 0 Å². The molecule has 0 aliphatic carbocycles. The Labute approximate surface area is 152 Å². The van der Waals surface area contributed by atoms with Crippen LogP contribution < -0.4 is 10.4 Å². The molecule has 0 amide bonds. The van der Waals surface area contributed by atoms with E-state index in [-0.39, 0.29) is 32.0 Å². The average molecular weight is 349 g/mol. The van der Waals surface area contributed by atoms with Crippen molar-refractivity contribution >= 4 is 18.3 Å². The first-order chi connectivity index (χ1) is 12.0. The maximum Gasteiger partial charge on any atom is 0.494 e. The summed E-state index contributed by atoms with van der Waals surface area (Å²) in [6, 6.07) is 8.48. The Kier molecular flexibility index (Phi) is 8.23. The third-order valence-electron chi connectivity index (χ3n) is 4.21. The van der Waals surface area contributed by atoms with Gasteiger partial charge in [0.25, 0.3) is 0 Å². The minimum Gasteiger partial charge on any atom is -0.405 e.